The average Bonchev–Trinajstić information content (AvgIpc) is 3.41. The van der Waals surface area contributed by atoms with Crippen molar-refractivity contribution in [3.8, 4) is 0 Å². The van der Waals surface area contributed by atoms with E-state index in [0.29, 0.717) is 26.2 Å². The van der Waals surface area contributed by atoms with Crippen LogP contribution in [0.2, 0.25) is 0 Å². The van der Waals surface area contributed by atoms with Crippen LogP contribution in [0, 0.1) is 0 Å². The van der Waals surface area contributed by atoms with Crippen molar-refractivity contribution in [2.45, 2.75) is 36.9 Å². The normalized spacial score (nSPS) is 16.2. The number of ether oxygens (including phenoxy) is 1. The van der Waals surface area contributed by atoms with Crippen LogP contribution >= 0.6 is 34.5 Å². The summed E-state index contributed by atoms with van der Waals surface area (Å²) in [7, 11) is 0. The first-order chi connectivity index (χ1) is 14.0. The molecule has 1 aliphatic rings. The lowest BCUT2D eigenvalue weighted by molar-refractivity contribution is -0.141. The van der Waals surface area contributed by atoms with Gasteiger partial charge in [-0.1, -0.05) is 59.6 Å². The number of amides is 2. The number of benzene rings is 1. The standard InChI is InChI=1S/C21H24Cl2N2O3S/c22-20(23)21(27)25(13-17-8-4-10-28-17)15-19(26)24(14-18-9-5-11-29-18)12-16-6-2-1-3-7-16/h1-3,5-7,9,11,17,20H,4,8,10,12-15H2. The van der Waals surface area contributed by atoms with Crippen molar-refractivity contribution in [3.63, 3.8) is 0 Å². The molecule has 1 unspecified atom stereocenters. The number of carbonyl (C=O) groups excluding carboxylic acids is 2. The Balaban J connectivity index is 1.73. The van der Waals surface area contributed by atoms with Crippen molar-refractivity contribution in [2.24, 2.45) is 0 Å². The van der Waals surface area contributed by atoms with E-state index in [4.69, 9.17) is 27.9 Å². The predicted molar refractivity (Wildman–Crippen MR) is 116 cm³/mol. The molecule has 0 spiro atoms. The molecule has 0 N–H and O–H groups in total. The van der Waals surface area contributed by atoms with Gasteiger partial charge in [-0.05, 0) is 29.9 Å². The zero-order valence-electron chi connectivity index (χ0n) is 16.0. The number of halogens is 2. The molecule has 1 aliphatic heterocycles. The van der Waals surface area contributed by atoms with Crippen molar-refractivity contribution in [2.75, 3.05) is 19.7 Å². The molecule has 1 fully saturated rings. The Labute approximate surface area is 185 Å². The van der Waals surface area contributed by atoms with Gasteiger partial charge in [-0.15, -0.1) is 11.3 Å². The predicted octanol–water partition coefficient (Wildman–Crippen LogP) is 4.09. The van der Waals surface area contributed by atoms with E-state index in [2.05, 4.69) is 0 Å². The van der Waals surface area contributed by atoms with Gasteiger partial charge in [0.25, 0.3) is 5.91 Å². The molecule has 1 saturated heterocycles. The van der Waals surface area contributed by atoms with Gasteiger partial charge in [0.15, 0.2) is 4.84 Å². The van der Waals surface area contributed by atoms with E-state index in [1.165, 1.54) is 4.90 Å². The highest BCUT2D eigenvalue weighted by Crippen LogP contribution is 2.18. The van der Waals surface area contributed by atoms with Crippen LogP contribution in [0.1, 0.15) is 23.3 Å². The fourth-order valence-electron chi connectivity index (χ4n) is 3.29. The van der Waals surface area contributed by atoms with Crippen LogP contribution in [0.25, 0.3) is 0 Å². The average molecular weight is 455 g/mol. The fourth-order valence-corrected chi connectivity index (χ4v) is 4.29. The van der Waals surface area contributed by atoms with E-state index in [1.54, 1.807) is 16.2 Å². The summed E-state index contributed by atoms with van der Waals surface area (Å²) in [6, 6.07) is 13.8. The lowest BCUT2D eigenvalue weighted by atomic mass is 10.2. The third kappa shape index (κ3) is 6.71. The second-order valence-electron chi connectivity index (χ2n) is 6.97. The Bertz CT molecular complexity index is 780. The number of hydrogen-bond donors (Lipinski definition) is 0. The molecule has 5 nitrogen and oxygen atoms in total. The second kappa shape index (κ2) is 11.0. The van der Waals surface area contributed by atoms with Gasteiger partial charge in [-0.2, -0.15) is 0 Å². The zero-order valence-corrected chi connectivity index (χ0v) is 18.3. The van der Waals surface area contributed by atoms with Crippen molar-refractivity contribution < 1.29 is 14.3 Å². The van der Waals surface area contributed by atoms with Gasteiger partial charge in [0.2, 0.25) is 5.91 Å². The monoisotopic (exact) mass is 454 g/mol. The second-order valence-corrected chi connectivity index (χ2v) is 9.10. The molecule has 1 atom stereocenters. The number of hydrogen-bond acceptors (Lipinski definition) is 4. The fraction of sp³-hybridized carbons (Fsp3) is 0.429. The lowest BCUT2D eigenvalue weighted by Gasteiger charge is -2.29. The van der Waals surface area contributed by atoms with E-state index < -0.39 is 10.7 Å². The molecule has 3 rings (SSSR count). The molecule has 0 aliphatic carbocycles. The van der Waals surface area contributed by atoms with Gasteiger partial charge >= 0.3 is 0 Å². The molecule has 0 saturated carbocycles. The van der Waals surface area contributed by atoms with E-state index in [0.717, 1.165) is 23.3 Å². The summed E-state index contributed by atoms with van der Waals surface area (Å²) in [5, 5.41) is 1.99. The lowest BCUT2D eigenvalue weighted by Crippen LogP contribution is -2.46. The number of rotatable bonds is 9. The summed E-state index contributed by atoms with van der Waals surface area (Å²) in [6.45, 7) is 1.86. The molecule has 156 valence electrons. The highest BCUT2D eigenvalue weighted by molar-refractivity contribution is 7.09. The maximum absolute atomic E-state index is 13.2. The minimum atomic E-state index is -1.20. The van der Waals surface area contributed by atoms with Gasteiger partial charge < -0.3 is 14.5 Å². The number of thiophene rings is 1. The van der Waals surface area contributed by atoms with Crippen LogP contribution in [0.3, 0.4) is 0 Å². The van der Waals surface area contributed by atoms with Gasteiger partial charge in [-0.25, -0.2) is 0 Å². The van der Waals surface area contributed by atoms with Crippen LogP contribution in [-0.2, 0) is 27.4 Å². The largest absolute Gasteiger partial charge is 0.376 e. The van der Waals surface area contributed by atoms with Crippen LogP contribution < -0.4 is 0 Å². The summed E-state index contributed by atoms with van der Waals surface area (Å²) < 4.78 is 5.63. The van der Waals surface area contributed by atoms with Gasteiger partial charge in [0, 0.05) is 24.6 Å². The molecule has 0 radical (unpaired) electrons. The molecule has 29 heavy (non-hydrogen) atoms. The van der Waals surface area contributed by atoms with Crippen LogP contribution in [-0.4, -0.2) is 52.3 Å². The Morgan fingerprint density at radius 3 is 2.52 bits per heavy atom. The first kappa shape index (κ1) is 22.1. The third-order valence-corrected chi connectivity index (χ3v) is 6.00. The van der Waals surface area contributed by atoms with E-state index >= 15 is 0 Å². The van der Waals surface area contributed by atoms with Crippen molar-refractivity contribution in [1.82, 2.24) is 9.80 Å². The molecule has 1 aromatic carbocycles. The topological polar surface area (TPSA) is 49.9 Å². The third-order valence-electron chi connectivity index (χ3n) is 4.77. The van der Waals surface area contributed by atoms with E-state index in [1.807, 2.05) is 47.8 Å². The molecule has 1 aromatic heterocycles. The summed E-state index contributed by atoms with van der Waals surface area (Å²) in [5.41, 5.74) is 1.03. The van der Waals surface area contributed by atoms with Crippen molar-refractivity contribution in [3.05, 3.63) is 58.3 Å². The SMILES string of the molecule is O=C(CN(CC1CCCO1)C(=O)C(Cl)Cl)N(Cc1ccccc1)Cc1cccs1. The molecule has 2 aromatic rings. The van der Waals surface area contributed by atoms with Gasteiger partial charge in [-0.3, -0.25) is 9.59 Å². The Kier molecular flexibility index (Phi) is 8.36. The van der Waals surface area contributed by atoms with Crippen molar-refractivity contribution >= 4 is 46.4 Å². The highest BCUT2D eigenvalue weighted by atomic mass is 35.5. The number of carbonyl (C=O) groups is 2. The Hall–Kier alpha value is -1.60. The highest BCUT2D eigenvalue weighted by Gasteiger charge is 2.29. The van der Waals surface area contributed by atoms with E-state index in [9.17, 15) is 9.59 Å². The Morgan fingerprint density at radius 2 is 1.90 bits per heavy atom. The maximum atomic E-state index is 13.2. The minimum absolute atomic E-state index is 0.0765. The molecule has 8 heteroatoms. The van der Waals surface area contributed by atoms with Crippen LogP contribution in [0.15, 0.2) is 47.8 Å². The molecular formula is C21H24Cl2N2O3S. The zero-order chi connectivity index (χ0) is 20.6. The Morgan fingerprint density at radius 1 is 1.10 bits per heavy atom. The quantitative estimate of drug-likeness (QED) is 0.536. The minimum Gasteiger partial charge on any atom is -0.376 e. The van der Waals surface area contributed by atoms with Gasteiger partial charge in [0.1, 0.15) is 0 Å². The van der Waals surface area contributed by atoms with Crippen LogP contribution in [0.4, 0.5) is 0 Å². The molecule has 2 heterocycles. The summed E-state index contributed by atoms with van der Waals surface area (Å²) >= 11 is 13.3. The van der Waals surface area contributed by atoms with Crippen LogP contribution in [0.5, 0.6) is 0 Å². The molecule has 2 amide bonds. The number of alkyl halides is 2. The smallest absolute Gasteiger partial charge is 0.256 e. The van der Waals surface area contributed by atoms with E-state index in [-0.39, 0.29) is 18.6 Å². The first-order valence-corrected chi connectivity index (χ1v) is 11.3. The summed E-state index contributed by atoms with van der Waals surface area (Å²) in [6.07, 6.45) is 1.72. The summed E-state index contributed by atoms with van der Waals surface area (Å²) in [5.74, 6) is -0.615. The molecular weight excluding hydrogens is 431 g/mol. The maximum Gasteiger partial charge on any atom is 0.256 e. The first-order valence-electron chi connectivity index (χ1n) is 9.55. The van der Waals surface area contributed by atoms with Gasteiger partial charge in [0.05, 0.1) is 19.2 Å². The molecule has 0 bridgehead atoms. The summed E-state index contributed by atoms with van der Waals surface area (Å²) in [4.78, 5) is 28.8. The van der Waals surface area contributed by atoms with Crippen molar-refractivity contribution in [1.29, 1.82) is 0 Å². The number of nitrogens with zero attached hydrogens (tertiary/aromatic N) is 2.